The Morgan fingerprint density at radius 1 is 1.39 bits per heavy atom. The van der Waals surface area contributed by atoms with Crippen molar-refractivity contribution in [2.75, 3.05) is 12.3 Å². The van der Waals surface area contributed by atoms with Crippen LogP contribution in [0.2, 0.25) is 0 Å². The van der Waals surface area contributed by atoms with E-state index in [1.54, 1.807) is 11.8 Å². The molecule has 1 aromatic heterocycles. The van der Waals surface area contributed by atoms with Crippen molar-refractivity contribution in [2.45, 2.75) is 54.5 Å². The van der Waals surface area contributed by atoms with E-state index in [0.29, 0.717) is 11.2 Å². The Hall–Kier alpha value is -0.750. The van der Waals surface area contributed by atoms with Gasteiger partial charge in [0.15, 0.2) is 5.16 Å². The van der Waals surface area contributed by atoms with Crippen LogP contribution in [0.1, 0.15) is 38.5 Å². The summed E-state index contributed by atoms with van der Waals surface area (Å²) in [6.45, 7) is 0.880. The van der Waals surface area contributed by atoms with E-state index in [2.05, 4.69) is 10.2 Å². The SMILES string of the molecule is Cn1c(N)nnc1SC1CCOC2(CCCC2)C1. The highest BCUT2D eigenvalue weighted by Crippen LogP contribution is 2.44. The molecule has 5 nitrogen and oxygen atoms in total. The summed E-state index contributed by atoms with van der Waals surface area (Å²) in [6, 6.07) is 0. The van der Waals surface area contributed by atoms with E-state index >= 15 is 0 Å². The summed E-state index contributed by atoms with van der Waals surface area (Å²) in [7, 11) is 1.92. The van der Waals surface area contributed by atoms with Gasteiger partial charge in [0.25, 0.3) is 0 Å². The van der Waals surface area contributed by atoms with Crippen LogP contribution in [0.5, 0.6) is 0 Å². The van der Waals surface area contributed by atoms with Gasteiger partial charge in [-0.3, -0.25) is 4.57 Å². The zero-order valence-corrected chi connectivity index (χ0v) is 11.6. The molecule has 2 fully saturated rings. The van der Waals surface area contributed by atoms with Crippen LogP contribution in [0.4, 0.5) is 5.95 Å². The standard InChI is InChI=1S/C12H20N4OS/c1-16-10(13)14-15-11(16)18-9-4-7-17-12(8-9)5-2-3-6-12/h9H,2-8H2,1H3,(H2,13,14). The van der Waals surface area contributed by atoms with Crippen molar-refractivity contribution >= 4 is 17.7 Å². The van der Waals surface area contributed by atoms with E-state index in [0.717, 1.165) is 24.6 Å². The van der Waals surface area contributed by atoms with E-state index in [1.807, 2.05) is 11.6 Å². The van der Waals surface area contributed by atoms with Gasteiger partial charge in [-0.25, -0.2) is 0 Å². The summed E-state index contributed by atoms with van der Waals surface area (Å²) in [5.41, 5.74) is 5.88. The van der Waals surface area contributed by atoms with Gasteiger partial charge in [0, 0.05) is 18.9 Å². The summed E-state index contributed by atoms with van der Waals surface area (Å²) < 4.78 is 7.91. The number of anilines is 1. The van der Waals surface area contributed by atoms with E-state index in [4.69, 9.17) is 10.5 Å². The van der Waals surface area contributed by atoms with Gasteiger partial charge in [0.2, 0.25) is 5.95 Å². The Morgan fingerprint density at radius 2 is 2.17 bits per heavy atom. The van der Waals surface area contributed by atoms with Crippen molar-refractivity contribution in [3.8, 4) is 0 Å². The molecule has 18 heavy (non-hydrogen) atoms. The second-order valence-electron chi connectivity index (χ2n) is 5.37. The Kier molecular flexibility index (Phi) is 3.23. The monoisotopic (exact) mass is 268 g/mol. The average molecular weight is 268 g/mol. The topological polar surface area (TPSA) is 66.0 Å². The third-order valence-electron chi connectivity index (χ3n) is 4.10. The highest BCUT2D eigenvalue weighted by Gasteiger charge is 2.40. The summed E-state index contributed by atoms with van der Waals surface area (Å²) in [6.07, 6.45) is 7.32. The van der Waals surface area contributed by atoms with Crippen LogP contribution >= 0.6 is 11.8 Å². The first-order valence-electron chi connectivity index (χ1n) is 6.64. The lowest BCUT2D eigenvalue weighted by molar-refractivity contribution is -0.0704. The molecular weight excluding hydrogens is 248 g/mol. The van der Waals surface area contributed by atoms with Crippen LogP contribution in [0.15, 0.2) is 5.16 Å². The van der Waals surface area contributed by atoms with Crippen molar-refractivity contribution in [1.82, 2.24) is 14.8 Å². The lowest BCUT2D eigenvalue weighted by Crippen LogP contribution is -2.38. The lowest BCUT2D eigenvalue weighted by Gasteiger charge is -2.37. The molecule has 3 rings (SSSR count). The summed E-state index contributed by atoms with van der Waals surface area (Å²) in [5, 5.41) is 9.55. The normalized spacial score (nSPS) is 26.8. The molecule has 1 unspecified atom stereocenters. The van der Waals surface area contributed by atoms with Crippen LogP contribution in [0.25, 0.3) is 0 Å². The molecule has 6 heteroatoms. The minimum Gasteiger partial charge on any atom is -0.375 e. The fourth-order valence-corrected chi connectivity index (χ4v) is 4.27. The molecule has 1 saturated carbocycles. The van der Waals surface area contributed by atoms with E-state index in [-0.39, 0.29) is 5.60 Å². The van der Waals surface area contributed by atoms with E-state index < -0.39 is 0 Å². The van der Waals surface area contributed by atoms with Gasteiger partial charge >= 0.3 is 0 Å². The largest absolute Gasteiger partial charge is 0.375 e. The maximum atomic E-state index is 6.05. The minimum atomic E-state index is 0.167. The molecule has 1 atom stereocenters. The second kappa shape index (κ2) is 4.74. The second-order valence-corrected chi connectivity index (χ2v) is 6.64. The maximum Gasteiger partial charge on any atom is 0.222 e. The van der Waals surface area contributed by atoms with Gasteiger partial charge in [-0.2, -0.15) is 0 Å². The first-order valence-corrected chi connectivity index (χ1v) is 7.52. The fraction of sp³-hybridized carbons (Fsp3) is 0.833. The maximum absolute atomic E-state index is 6.05. The van der Waals surface area contributed by atoms with Crippen LogP contribution in [-0.2, 0) is 11.8 Å². The predicted molar refractivity (Wildman–Crippen MR) is 71.4 cm³/mol. The molecule has 1 aromatic rings. The summed E-state index contributed by atoms with van der Waals surface area (Å²) >= 11 is 1.80. The van der Waals surface area contributed by atoms with Crippen molar-refractivity contribution in [3.63, 3.8) is 0 Å². The van der Waals surface area contributed by atoms with Gasteiger partial charge in [0.05, 0.1) is 5.60 Å². The average Bonchev–Trinajstić information content (AvgIpc) is 2.92. The number of aromatic nitrogens is 3. The van der Waals surface area contributed by atoms with Gasteiger partial charge in [0.1, 0.15) is 0 Å². The number of thioether (sulfide) groups is 1. The van der Waals surface area contributed by atoms with Gasteiger partial charge < -0.3 is 10.5 Å². The quantitative estimate of drug-likeness (QED) is 0.888. The molecule has 1 aliphatic carbocycles. The minimum absolute atomic E-state index is 0.167. The van der Waals surface area contributed by atoms with Crippen molar-refractivity contribution in [1.29, 1.82) is 0 Å². The molecule has 2 N–H and O–H groups in total. The summed E-state index contributed by atoms with van der Waals surface area (Å²) in [5.74, 6) is 0.486. The van der Waals surface area contributed by atoms with Crippen LogP contribution in [0, 0.1) is 0 Å². The molecule has 0 radical (unpaired) electrons. The van der Waals surface area contributed by atoms with Gasteiger partial charge in [-0.1, -0.05) is 24.6 Å². The molecule has 0 aromatic carbocycles. The number of rotatable bonds is 2. The van der Waals surface area contributed by atoms with Crippen molar-refractivity contribution < 1.29 is 4.74 Å². The number of nitrogens with zero attached hydrogens (tertiary/aromatic N) is 3. The Morgan fingerprint density at radius 3 is 2.83 bits per heavy atom. The number of nitrogens with two attached hydrogens (primary N) is 1. The molecule has 1 aliphatic heterocycles. The van der Waals surface area contributed by atoms with Crippen molar-refractivity contribution in [2.24, 2.45) is 7.05 Å². The number of ether oxygens (including phenoxy) is 1. The Bertz CT molecular complexity index is 428. The molecule has 100 valence electrons. The molecule has 0 bridgehead atoms. The molecule has 0 amide bonds. The number of nitrogen functional groups attached to an aromatic ring is 1. The van der Waals surface area contributed by atoms with E-state index in [1.165, 1.54) is 25.7 Å². The number of hydrogen-bond acceptors (Lipinski definition) is 5. The Balaban J connectivity index is 1.68. The highest BCUT2D eigenvalue weighted by atomic mass is 32.2. The zero-order chi connectivity index (χ0) is 12.6. The van der Waals surface area contributed by atoms with E-state index in [9.17, 15) is 0 Å². The first-order chi connectivity index (χ1) is 8.69. The zero-order valence-electron chi connectivity index (χ0n) is 10.8. The predicted octanol–water partition coefficient (Wildman–Crippen LogP) is 1.98. The van der Waals surface area contributed by atoms with Gasteiger partial charge in [-0.15, -0.1) is 10.2 Å². The highest BCUT2D eigenvalue weighted by molar-refractivity contribution is 7.99. The van der Waals surface area contributed by atoms with Gasteiger partial charge in [-0.05, 0) is 25.7 Å². The smallest absolute Gasteiger partial charge is 0.222 e. The van der Waals surface area contributed by atoms with Crippen LogP contribution in [-0.4, -0.2) is 32.2 Å². The van der Waals surface area contributed by atoms with Crippen molar-refractivity contribution in [3.05, 3.63) is 0 Å². The third kappa shape index (κ3) is 2.23. The third-order valence-corrected chi connectivity index (χ3v) is 5.41. The molecule has 2 aliphatic rings. The molecule has 1 spiro atoms. The lowest BCUT2D eigenvalue weighted by atomic mass is 9.92. The molecule has 1 saturated heterocycles. The summed E-state index contributed by atoms with van der Waals surface area (Å²) in [4.78, 5) is 0. The van der Waals surface area contributed by atoms with Crippen LogP contribution < -0.4 is 5.73 Å². The number of hydrogen-bond donors (Lipinski definition) is 1. The molecule has 2 heterocycles. The van der Waals surface area contributed by atoms with Crippen LogP contribution in [0.3, 0.4) is 0 Å². The fourth-order valence-electron chi connectivity index (χ4n) is 3.03. The first kappa shape index (κ1) is 12.3. The Labute approximate surface area is 111 Å². The molecular formula is C12H20N4OS.